The first-order valence-corrected chi connectivity index (χ1v) is 10.4. The van der Waals surface area contributed by atoms with Gasteiger partial charge in [0.1, 0.15) is 6.07 Å². The summed E-state index contributed by atoms with van der Waals surface area (Å²) < 4.78 is 13.0. The molecule has 0 amide bonds. The highest BCUT2D eigenvalue weighted by Gasteiger charge is 2.16. The van der Waals surface area contributed by atoms with Crippen molar-refractivity contribution < 1.29 is 19.4 Å². The Morgan fingerprint density at radius 3 is 2.69 bits per heavy atom. The maximum Gasteiger partial charge on any atom is 0.307 e. The topological polar surface area (TPSA) is 110 Å². The van der Waals surface area contributed by atoms with E-state index in [2.05, 4.69) is 24.9 Å². The fourth-order valence-corrected chi connectivity index (χ4v) is 3.43. The van der Waals surface area contributed by atoms with Gasteiger partial charge in [-0.15, -0.1) is 0 Å². The van der Waals surface area contributed by atoms with E-state index in [4.69, 9.17) is 24.9 Å². The Hall–Kier alpha value is -3.86. The first-order chi connectivity index (χ1) is 15.4. The third-order valence-corrected chi connectivity index (χ3v) is 4.94. The zero-order valence-electron chi connectivity index (χ0n) is 18.4. The predicted molar refractivity (Wildman–Crippen MR) is 118 cm³/mol. The fraction of sp³-hybridized carbons (Fsp3) is 0.333. The number of aromatic nitrogens is 3. The molecule has 0 spiro atoms. The number of aryl methyl sites for hydroxylation is 1. The zero-order valence-corrected chi connectivity index (χ0v) is 18.4. The van der Waals surface area contributed by atoms with Gasteiger partial charge in [-0.1, -0.05) is 26.0 Å². The van der Waals surface area contributed by atoms with E-state index >= 15 is 0 Å². The van der Waals surface area contributed by atoms with Crippen LogP contribution in [0.1, 0.15) is 48.6 Å². The van der Waals surface area contributed by atoms with Crippen LogP contribution in [0.3, 0.4) is 0 Å². The van der Waals surface area contributed by atoms with E-state index in [0.717, 1.165) is 24.1 Å². The van der Waals surface area contributed by atoms with Crippen molar-refractivity contribution >= 4 is 5.97 Å². The molecular weight excluding hydrogens is 408 g/mol. The standard InChI is InChI=1S/C24H26N4O4/c1-16(2)23-19(15-28(27-23)21-10-9-17(13-25)14-26-21)7-5-11-32-24-18(12-22(29)30)6-4-8-20(24)31-3/h4,6,8-10,14-16H,5,7,11-12H2,1-3H3,(H,29,30). The van der Waals surface area contributed by atoms with E-state index in [1.807, 2.05) is 6.20 Å². The molecule has 0 unspecified atom stereocenters. The number of aliphatic carboxylic acids is 1. The van der Waals surface area contributed by atoms with E-state index in [-0.39, 0.29) is 12.3 Å². The second kappa shape index (κ2) is 10.4. The van der Waals surface area contributed by atoms with Crippen molar-refractivity contribution in [1.29, 1.82) is 5.26 Å². The van der Waals surface area contributed by atoms with Crippen molar-refractivity contribution in [2.45, 2.75) is 39.0 Å². The maximum absolute atomic E-state index is 11.2. The molecule has 0 fully saturated rings. The number of nitriles is 1. The van der Waals surface area contributed by atoms with Gasteiger partial charge in [-0.2, -0.15) is 10.4 Å². The molecule has 8 nitrogen and oxygen atoms in total. The van der Waals surface area contributed by atoms with Crippen LogP contribution in [-0.2, 0) is 17.6 Å². The maximum atomic E-state index is 11.2. The van der Waals surface area contributed by atoms with Crippen molar-refractivity contribution in [3.05, 3.63) is 65.1 Å². The number of pyridine rings is 1. The van der Waals surface area contributed by atoms with Crippen LogP contribution in [0, 0.1) is 11.3 Å². The minimum Gasteiger partial charge on any atom is -0.493 e. The molecule has 2 aromatic heterocycles. The molecule has 0 radical (unpaired) electrons. The minimum absolute atomic E-state index is 0.131. The van der Waals surface area contributed by atoms with Crippen LogP contribution in [0.5, 0.6) is 11.5 Å². The summed E-state index contributed by atoms with van der Waals surface area (Å²) >= 11 is 0. The summed E-state index contributed by atoms with van der Waals surface area (Å²) in [5, 5.41) is 22.8. The van der Waals surface area contributed by atoms with Gasteiger partial charge in [0.25, 0.3) is 0 Å². The Balaban J connectivity index is 1.70. The third kappa shape index (κ3) is 5.43. The SMILES string of the molecule is COc1cccc(CC(=O)O)c1OCCCc1cn(-c2ccc(C#N)cn2)nc1C(C)C. The number of ether oxygens (including phenoxy) is 2. The molecule has 0 saturated carbocycles. The highest BCUT2D eigenvalue weighted by atomic mass is 16.5. The average molecular weight is 434 g/mol. The Morgan fingerprint density at radius 2 is 2.06 bits per heavy atom. The number of rotatable bonds is 10. The Labute approximate surface area is 187 Å². The molecule has 0 aliphatic rings. The van der Waals surface area contributed by atoms with Gasteiger partial charge < -0.3 is 14.6 Å². The number of carbonyl (C=O) groups is 1. The van der Waals surface area contributed by atoms with Gasteiger partial charge in [-0.25, -0.2) is 9.67 Å². The molecule has 0 bridgehead atoms. The van der Waals surface area contributed by atoms with Gasteiger partial charge in [0, 0.05) is 18.0 Å². The van der Waals surface area contributed by atoms with Crippen molar-refractivity contribution in [2.75, 3.05) is 13.7 Å². The van der Waals surface area contributed by atoms with Gasteiger partial charge in [0.2, 0.25) is 0 Å². The van der Waals surface area contributed by atoms with E-state index in [1.54, 1.807) is 35.0 Å². The number of benzene rings is 1. The summed E-state index contributed by atoms with van der Waals surface area (Å²) in [5.74, 6) is 0.960. The molecule has 166 valence electrons. The summed E-state index contributed by atoms with van der Waals surface area (Å²) in [5.41, 5.74) is 3.17. The van der Waals surface area contributed by atoms with E-state index in [1.165, 1.54) is 13.3 Å². The minimum atomic E-state index is -0.923. The lowest BCUT2D eigenvalue weighted by Gasteiger charge is -2.14. The number of carboxylic acid groups (broad SMARTS) is 1. The van der Waals surface area contributed by atoms with E-state index in [0.29, 0.717) is 35.1 Å². The van der Waals surface area contributed by atoms with E-state index < -0.39 is 5.97 Å². The van der Waals surface area contributed by atoms with Crippen LogP contribution >= 0.6 is 0 Å². The summed E-state index contributed by atoms with van der Waals surface area (Å²) in [6.07, 6.45) is 4.82. The number of hydrogen-bond acceptors (Lipinski definition) is 6. The predicted octanol–water partition coefficient (Wildman–Crippen LogP) is 3.91. The van der Waals surface area contributed by atoms with Gasteiger partial charge in [-0.3, -0.25) is 4.79 Å². The molecule has 1 aromatic carbocycles. The van der Waals surface area contributed by atoms with Gasteiger partial charge in [-0.05, 0) is 42.5 Å². The van der Waals surface area contributed by atoms with Crippen LogP contribution in [0.25, 0.3) is 5.82 Å². The smallest absolute Gasteiger partial charge is 0.307 e. The molecule has 0 aliphatic heterocycles. The molecule has 0 aliphatic carbocycles. The van der Waals surface area contributed by atoms with Crippen LogP contribution in [-0.4, -0.2) is 39.6 Å². The van der Waals surface area contributed by atoms with Crippen LogP contribution in [0.15, 0.2) is 42.7 Å². The molecule has 3 aromatic rings. The van der Waals surface area contributed by atoms with Crippen LogP contribution < -0.4 is 9.47 Å². The lowest BCUT2D eigenvalue weighted by Crippen LogP contribution is -2.07. The lowest BCUT2D eigenvalue weighted by atomic mass is 10.0. The highest BCUT2D eigenvalue weighted by Crippen LogP contribution is 2.32. The highest BCUT2D eigenvalue weighted by molar-refractivity contribution is 5.72. The van der Waals surface area contributed by atoms with Crippen molar-refractivity contribution in [2.24, 2.45) is 0 Å². The number of para-hydroxylation sites is 1. The van der Waals surface area contributed by atoms with E-state index in [9.17, 15) is 4.79 Å². The summed E-state index contributed by atoms with van der Waals surface area (Å²) in [4.78, 5) is 15.5. The Morgan fingerprint density at radius 1 is 1.25 bits per heavy atom. The van der Waals surface area contributed by atoms with Crippen molar-refractivity contribution in [1.82, 2.24) is 14.8 Å². The molecule has 32 heavy (non-hydrogen) atoms. The van der Waals surface area contributed by atoms with Gasteiger partial charge in [0.15, 0.2) is 17.3 Å². The van der Waals surface area contributed by atoms with Gasteiger partial charge >= 0.3 is 5.97 Å². The first-order valence-electron chi connectivity index (χ1n) is 10.4. The molecule has 0 atom stereocenters. The van der Waals surface area contributed by atoms with Gasteiger partial charge in [0.05, 0.1) is 31.4 Å². The first kappa shape index (κ1) is 22.8. The molecule has 1 N–H and O–H groups in total. The fourth-order valence-electron chi connectivity index (χ4n) is 3.43. The number of nitrogens with zero attached hydrogens (tertiary/aromatic N) is 4. The zero-order chi connectivity index (χ0) is 23.1. The van der Waals surface area contributed by atoms with Crippen molar-refractivity contribution in [3.63, 3.8) is 0 Å². The number of hydrogen-bond donors (Lipinski definition) is 1. The number of methoxy groups -OCH3 is 1. The monoisotopic (exact) mass is 434 g/mol. The largest absolute Gasteiger partial charge is 0.493 e. The molecular formula is C24H26N4O4. The number of carboxylic acids is 1. The second-order valence-electron chi connectivity index (χ2n) is 7.63. The average Bonchev–Trinajstić information content (AvgIpc) is 3.21. The summed E-state index contributed by atoms with van der Waals surface area (Å²) in [6, 6.07) is 10.8. The van der Waals surface area contributed by atoms with Crippen LogP contribution in [0.2, 0.25) is 0 Å². The van der Waals surface area contributed by atoms with Crippen LogP contribution in [0.4, 0.5) is 0 Å². The quantitative estimate of drug-likeness (QED) is 0.482. The third-order valence-electron chi connectivity index (χ3n) is 4.94. The van der Waals surface area contributed by atoms with Crippen molar-refractivity contribution in [3.8, 4) is 23.4 Å². The summed E-state index contributed by atoms with van der Waals surface area (Å²) in [7, 11) is 1.53. The Kier molecular flexibility index (Phi) is 7.45. The Bertz CT molecular complexity index is 1110. The normalized spacial score (nSPS) is 10.7. The second-order valence-corrected chi connectivity index (χ2v) is 7.63. The summed E-state index contributed by atoms with van der Waals surface area (Å²) in [6.45, 7) is 4.59. The molecule has 3 rings (SSSR count). The molecule has 8 heteroatoms. The molecule has 2 heterocycles. The molecule has 0 saturated heterocycles. The lowest BCUT2D eigenvalue weighted by molar-refractivity contribution is -0.136.